The van der Waals surface area contributed by atoms with Gasteiger partial charge in [-0.2, -0.15) is 0 Å². The first-order valence-electron chi connectivity index (χ1n) is 8.18. The predicted octanol–water partition coefficient (Wildman–Crippen LogP) is 2.24. The molecule has 0 saturated carbocycles. The maximum Gasteiger partial charge on any atom is 0.241 e. The summed E-state index contributed by atoms with van der Waals surface area (Å²) in [5, 5.41) is 3.56. The summed E-state index contributed by atoms with van der Waals surface area (Å²) in [6, 6.07) is 0.00669. The molecule has 0 aromatic rings. The molecule has 0 spiro atoms. The minimum Gasteiger partial charge on any atom is -0.381 e. The van der Waals surface area contributed by atoms with E-state index in [4.69, 9.17) is 4.74 Å². The van der Waals surface area contributed by atoms with E-state index in [0.29, 0.717) is 23.7 Å². The predicted molar refractivity (Wildman–Crippen MR) is 80.3 cm³/mol. The van der Waals surface area contributed by atoms with E-state index >= 15 is 0 Å². The van der Waals surface area contributed by atoms with E-state index in [-0.39, 0.29) is 12.2 Å². The van der Waals surface area contributed by atoms with Gasteiger partial charge in [-0.15, -0.1) is 0 Å². The molecule has 2 rings (SSSR count). The van der Waals surface area contributed by atoms with Crippen molar-refractivity contribution in [3.63, 3.8) is 0 Å². The number of hydrogen-bond donors (Lipinski definition) is 1. The first kappa shape index (κ1) is 15.8. The van der Waals surface area contributed by atoms with Crippen LogP contribution < -0.4 is 5.32 Å². The Labute approximate surface area is 123 Å². The maximum absolute atomic E-state index is 12.7. The standard InChI is InChI=1S/C16H30N2O2/c1-5-12(4)14-16(19)18(15(17-14)11(2)3)8-6-13-7-9-20-10-13/h11-15,17H,5-10H2,1-4H3. The summed E-state index contributed by atoms with van der Waals surface area (Å²) in [6.45, 7) is 11.3. The number of rotatable bonds is 6. The van der Waals surface area contributed by atoms with Crippen molar-refractivity contribution in [2.24, 2.45) is 17.8 Å². The summed E-state index contributed by atoms with van der Waals surface area (Å²) in [5.74, 6) is 1.80. The van der Waals surface area contributed by atoms with E-state index in [1.807, 2.05) is 0 Å². The van der Waals surface area contributed by atoms with Crippen molar-refractivity contribution < 1.29 is 9.53 Å². The molecule has 0 bridgehead atoms. The van der Waals surface area contributed by atoms with Gasteiger partial charge >= 0.3 is 0 Å². The van der Waals surface area contributed by atoms with Crippen LogP contribution in [0.1, 0.15) is 47.0 Å². The number of nitrogens with zero attached hydrogens (tertiary/aromatic N) is 1. The lowest BCUT2D eigenvalue weighted by molar-refractivity contribution is -0.131. The average Bonchev–Trinajstić information content (AvgIpc) is 3.03. The normalized spacial score (nSPS) is 32.4. The van der Waals surface area contributed by atoms with Crippen LogP contribution in [0.3, 0.4) is 0 Å². The molecule has 0 aromatic heterocycles. The highest BCUT2D eigenvalue weighted by Gasteiger charge is 2.42. The molecular weight excluding hydrogens is 252 g/mol. The van der Waals surface area contributed by atoms with Crippen LogP contribution in [0.5, 0.6) is 0 Å². The first-order chi connectivity index (χ1) is 9.54. The Hall–Kier alpha value is -0.610. The second-order valence-corrected chi connectivity index (χ2v) is 6.77. The van der Waals surface area contributed by atoms with Crippen LogP contribution in [0.2, 0.25) is 0 Å². The average molecular weight is 282 g/mol. The van der Waals surface area contributed by atoms with Gasteiger partial charge < -0.3 is 9.64 Å². The lowest BCUT2D eigenvalue weighted by Crippen LogP contribution is -2.42. The van der Waals surface area contributed by atoms with E-state index in [2.05, 4.69) is 37.9 Å². The third-order valence-corrected chi connectivity index (χ3v) is 4.88. The fraction of sp³-hybridized carbons (Fsp3) is 0.938. The number of hydrogen-bond acceptors (Lipinski definition) is 3. The van der Waals surface area contributed by atoms with Crippen molar-refractivity contribution in [2.45, 2.75) is 59.2 Å². The first-order valence-corrected chi connectivity index (χ1v) is 8.18. The van der Waals surface area contributed by atoms with E-state index < -0.39 is 0 Å². The Kier molecular flexibility index (Phi) is 5.44. The summed E-state index contributed by atoms with van der Waals surface area (Å²) >= 11 is 0. The molecular formula is C16H30N2O2. The summed E-state index contributed by atoms with van der Waals surface area (Å²) < 4.78 is 5.43. The van der Waals surface area contributed by atoms with Crippen molar-refractivity contribution in [1.29, 1.82) is 0 Å². The Morgan fingerprint density at radius 2 is 2.15 bits per heavy atom. The molecule has 4 nitrogen and oxygen atoms in total. The summed E-state index contributed by atoms with van der Waals surface area (Å²) in [6.07, 6.45) is 3.46. The van der Waals surface area contributed by atoms with Gasteiger partial charge in [0.25, 0.3) is 0 Å². The summed E-state index contributed by atoms with van der Waals surface area (Å²) in [4.78, 5) is 14.7. The molecule has 1 amide bonds. The Balaban J connectivity index is 1.97. The van der Waals surface area contributed by atoms with Crippen LogP contribution in [-0.2, 0) is 9.53 Å². The fourth-order valence-electron chi connectivity index (χ4n) is 3.24. The van der Waals surface area contributed by atoms with E-state index in [1.54, 1.807) is 0 Å². The molecule has 0 aliphatic carbocycles. The molecule has 0 radical (unpaired) electrons. The topological polar surface area (TPSA) is 41.6 Å². The van der Waals surface area contributed by atoms with Gasteiger partial charge in [-0.05, 0) is 30.6 Å². The minimum atomic E-state index is 0.00669. The Morgan fingerprint density at radius 1 is 1.40 bits per heavy atom. The number of nitrogens with one attached hydrogen (secondary N) is 1. The van der Waals surface area contributed by atoms with Crippen LogP contribution in [0.15, 0.2) is 0 Å². The lowest BCUT2D eigenvalue weighted by Gasteiger charge is -2.28. The quantitative estimate of drug-likeness (QED) is 0.812. The van der Waals surface area contributed by atoms with Crippen molar-refractivity contribution in [3.8, 4) is 0 Å². The van der Waals surface area contributed by atoms with Gasteiger partial charge in [0, 0.05) is 19.8 Å². The van der Waals surface area contributed by atoms with Crippen molar-refractivity contribution in [2.75, 3.05) is 19.8 Å². The Bertz CT molecular complexity index is 326. The lowest BCUT2D eigenvalue weighted by atomic mass is 9.99. The minimum absolute atomic E-state index is 0.00669. The van der Waals surface area contributed by atoms with Gasteiger partial charge in [-0.1, -0.05) is 34.1 Å². The number of ether oxygens (including phenoxy) is 1. The zero-order valence-corrected chi connectivity index (χ0v) is 13.4. The van der Waals surface area contributed by atoms with Crippen LogP contribution in [0.4, 0.5) is 0 Å². The molecule has 2 aliphatic rings. The summed E-state index contributed by atoms with van der Waals surface area (Å²) in [5.41, 5.74) is 0. The molecule has 1 N–H and O–H groups in total. The second-order valence-electron chi connectivity index (χ2n) is 6.77. The molecule has 4 unspecified atom stereocenters. The molecule has 2 aliphatic heterocycles. The number of carbonyl (C=O) groups excluding carboxylic acids is 1. The molecule has 116 valence electrons. The summed E-state index contributed by atoms with van der Waals surface area (Å²) in [7, 11) is 0. The van der Waals surface area contributed by atoms with Gasteiger partial charge in [0.05, 0.1) is 12.2 Å². The van der Waals surface area contributed by atoms with Crippen LogP contribution in [0.25, 0.3) is 0 Å². The van der Waals surface area contributed by atoms with Gasteiger partial charge in [-0.25, -0.2) is 0 Å². The molecule has 4 heteroatoms. The van der Waals surface area contributed by atoms with Crippen LogP contribution in [-0.4, -0.2) is 42.8 Å². The van der Waals surface area contributed by atoms with E-state index in [9.17, 15) is 4.79 Å². The van der Waals surface area contributed by atoms with Gasteiger partial charge in [0.1, 0.15) is 0 Å². The molecule has 2 fully saturated rings. The largest absolute Gasteiger partial charge is 0.381 e. The number of amides is 1. The molecule has 4 atom stereocenters. The fourth-order valence-corrected chi connectivity index (χ4v) is 3.24. The van der Waals surface area contributed by atoms with Gasteiger partial charge in [-0.3, -0.25) is 10.1 Å². The number of carbonyl (C=O) groups is 1. The highest BCUT2D eigenvalue weighted by molar-refractivity contribution is 5.84. The van der Waals surface area contributed by atoms with Gasteiger partial charge in [0.2, 0.25) is 5.91 Å². The maximum atomic E-state index is 12.7. The highest BCUT2D eigenvalue weighted by Crippen LogP contribution is 2.25. The SMILES string of the molecule is CCC(C)C1NC(C(C)C)N(CCC2CCOC2)C1=O. The van der Waals surface area contributed by atoms with Gasteiger partial charge in [0.15, 0.2) is 0 Å². The monoisotopic (exact) mass is 282 g/mol. The third-order valence-electron chi connectivity index (χ3n) is 4.88. The molecule has 20 heavy (non-hydrogen) atoms. The Morgan fingerprint density at radius 3 is 2.70 bits per heavy atom. The second kappa shape index (κ2) is 6.90. The molecule has 2 saturated heterocycles. The molecule has 0 aromatic carbocycles. The van der Waals surface area contributed by atoms with Crippen molar-refractivity contribution >= 4 is 5.91 Å². The third kappa shape index (κ3) is 3.34. The van der Waals surface area contributed by atoms with Crippen LogP contribution in [0, 0.1) is 17.8 Å². The van der Waals surface area contributed by atoms with Crippen LogP contribution >= 0.6 is 0 Å². The zero-order chi connectivity index (χ0) is 14.7. The molecule has 2 heterocycles. The van der Waals surface area contributed by atoms with Crippen molar-refractivity contribution in [3.05, 3.63) is 0 Å². The smallest absolute Gasteiger partial charge is 0.241 e. The van der Waals surface area contributed by atoms with Crippen molar-refractivity contribution in [1.82, 2.24) is 10.2 Å². The van der Waals surface area contributed by atoms with E-state index in [0.717, 1.165) is 39.0 Å². The zero-order valence-electron chi connectivity index (χ0n) is 13.4. The van der Waals surface area contributed by atoms with E-state index in [1.165, 1.54) is 0 Å². The highest BCUT2D eigenvalue weighted by atomic mass is 16.5.